The zero-order valence-corrected chi connectivity index (χ0v) is 16.8. The average molecular weight is 356 g/mol. The number of rotatable bonds is 0. The lowest BCUT2D eigenvalue weighted by Crippen LogP contribution is -2.04. The molecule has 1 aromatic carbocycles. The van der Waals surface area contributed by atoms with Crippen LogP contribution >= 0.6 is 11.3 Å². The third-order valence-corrected chi connectivity index (χ3v) is 5.28. The minimum Gasteiger partial charge on any atom is -0.242 e. The Labute approximate surface area is 149 Å². The van der Waals surface area contributed by atoms with E-state index in [9.17, 15) is 8.78 Å². The molecule has 1 aromatic heterocycles. The first-order valence-electron chi connectivity index (χ1n) is 9.09. The predicted molar refractivity (Wildman–Crippen MR) is 102 cm³/mol. The predicted octanol–water partition coefficient (Wildman–Crippen LogP) is 7.26. The van der Waals surface area contributed by atoms with Crippen LogP contribution in [-0.4, -0.2) is 10.9 Å². The first-order valence-corrected chi connectivity index (χ1v) is 9.91. The van der Waals surface area contributed by atoms with Crippen LogP contribution in [0.1, 0.15) is 58.0 Å². The van der Waals surface area contributed by atoms with Crippen LogP contribution in [0, 0.1) is 31.6 Å². The van der Waals surface area contributed by atoms with E-state index in [-0.39, 0.29) is 11.8 Å². The number of fused-ring (bicyclic) bond motifs is 2. The van der Waals surface area contributed by atoms with Gasteiger partial charge in [-0.3, -0.25) is 0 Å². The van der Waals surface area contributed by atoms with Gasteiger partial charge in [0.25, 0.3) is 5.92 Å². The SMILES string of the molecule is CC.CC.CC1CC2C(C1)C2(F)F.Cc1ccc2sc(C)nc2c1. The second-order valence-corrected chi connectivity index (χ2v) is 7.40. The summed E-state index contributed by atoms with van der Waals surface area (Å²) in [6, 6.07) is 6.38. The Morgan fingerprint density at radius 3 is 2.08 bits per heavy atom. The molecule has 0 N–H and O–H groups in total. The molecule has 4 heteroatoms. The molecule has 0 bridgehead atoms. The first-order chi connectivity index (χ1) is 11.4. The molecule has 2 fully saturated rings. The van der Waals surface area contributed by atoms with Crippen LogP contribution in [0.2, 0.25) is 0 Å². The van der Waals surface area contributed by atoms with Crippen LogP contribution in [-0.2, 0) is 0 Å². The van der Waals surface area contributed by atoms with E-state index in [1.807, 2.05) is 34.6 Å². The molecule has 2 saturated carbocycles. The van der Waals surface area contributed by atoms with Crippen LogP contribution in [0.15, 0.2) is 18.2 Å². The number of alkyl halides is 2. The Morgan fingerprint density at radius 1 is 1.04 bits per heavy atom. The summed E-state index contributed by atoms with van der Waals surface area (Å²) in [6.45, 7) is 14.2. The third kappa shape index (κ3) is 4.75. The molecule has 4 rings (SSSR count). The lowest BCUT2D eigenvalue weighted by atomic mass is 10.1. The minimum absolute atomic E-state index is 0.229. The maximum atomic E-state index is 12.4. The number of benzene rings is 1. The van der Waals surface area contributed by atoms with Crippen molar-refractivity contribution in [2.45, 2.75) is 67.2 Å². The maximum Gasteiger partial charge on any atom is 0.254 e. The number of hydrogen-bond donors (Lipinski definition) is 0. The van der Waals surface area contributed by atoms with Crippen molar-refractivity contribution in [3.63, 3.8) is 0 Å². The van der Waals surface area contributed by atoms with Crippen molar-refractivity contribution in [3.8, 4) is 0 Å². The average Bonchev–Trinajstić information content (AvgIpc) is 2.95. The normalized spacial score (nSPS) is 25.3. The van der Waals surface area contributed by atoms with Gasteiger partial charge in [0.1, 0.15) is 0 Å². The summed E-state index contributed by atoms with van der Waals surface area (Å²) in [6.07, 6.45) is 1.52. The summed E-state index contributed by atoms with van der Waals surface area (Å²) in [5.41, 5.74) is 2.41. The van der Waals surface area contributed by atoms with Gasteiger partial charge in [0.05, 0.1) is 15.2 Å². The largest absolute Gasteiger partial charge is 0.254 e. The van der Waals surface area contributed by atoms with Gasteiger partial charge >= 0.3 is 0 Å². The van der Waals surface area contributed by atoms with Crippen molar-refractivity contribution in [1.29, 1.82) is 0 Å². The standard InChI is InChI=1S/C9H9NS.C7H10F2.2C2H6/c1-6-3-4-9-8(5-6)10-7(2)11-9;1-4-2-5-6(3-4)7(5,8)9;2*1-2/h3-5H,1-2H3;4-6H,2-3H2,1H3;2*1-2H3. The molecule has 136 valence electrons. The fourth-order valence-electron chi connectivity index (χ4n) is 3.22. The highest BCUT2D eigenvalue weighted by Crippen LogP contribution is 2.65. The lowest BCUT2D eigenvalue weighted by Gasteiger charge is -2.05. The van der Waals surface area contributed by atoms with Crippen molar-refractivity contribution in [1.82, 2.24) is 4.98 Å². The minimum atomic E-state index is -2.26. The Morgan fingerprint density at radius 2 is 1.58 bits per heavy atom. The van der Waals surface area contributed by atoms with Crippen LogP contribution in [0.25, 0.3) is 10.2 Å². The highest BCUT2D eigenvalue weighted by molar-refractivity contribution is 7.18. The first kappa shape index (κ1) is 21.0. The third-order valence-electron chi connectivity index (χ3n) is 4.33. The molecule has 0 spiro atoms. The van der Waals surface area contributed by atoms with E-state index in [0.29, 0.717) is 5.92 Å². The number of halogens is 2. The Bertz CT molecular complexity index is 622. The Kier molecular flexibility index (Phi) is 7.78. The monoisotopic (exact) mass is 355 g/mol. The summed E-state index contributed by atoms with van der Waals surface area (Å²) in [5, 5.41) is 1.14. The molecule has 0 radical (unpaired) electrons. The Balaban J connectivity index is 0.000000202. The second kappa shape index (κ2) is 8.89. The van der Waals surface area contributed by atoms with Crippen molar-refractivity contribution < 1.29 is 8.78 Å². The molecule has 2 atom stereocenters. The number of aromatic nitrogens is 1. The molecule has 0 amide bonds. The quantitative estimate of drug-likeness (QED) is 0.484. The molecule has 2 aliphatic carbocycles. The zero-order chi connectivity index (χ0) is 18.5. The van der Waals surface area contributed by atoms with Crippen molar-refractivity contribution in [3.05, 3.63) is 28.8 Å². The number of thiazole rings is 1. The summed E-state index contributed by atoms with van der Waals surface area (Å²) in [5.74, 6) is -2.16. The summed E-state index contributed by atoms with van der Waals surface area (Å²) in [4.78, 5) is 4.39. The van der Waals surface area contributed by atoms with Gasteiger partial charge in [-0.2, -0.15) is 0 Å². The van der Waals surface area contributed by atoms with Gasteiger partial charge in [-0.25, -0.2) is 13.8 Å². The molecule has 1 heterocycles. The van der Waals surface area contributed by atoms with Crippen LogP contribution in [0.3, 0.4) is 0 Å². The molecular weight excluding hydrogens is 324 g/mol. The van der Waals surface area contributed by atoms with Gasteiger partial charge in [0.15, 0.2) is 0 Å². The van der Waals surface area contributed by atoms with Crippen molar-refractivity contribution in [2.24, 2.45) is 17.8 Å². The number of aryl methyl sites for hydroxylation is 2. The molecule has 24 heavy (non-hydrogen) atoms. The Hall–Kier alpha value is -1.03. The molecule has 0 saturated heterocycles. The zero-order valence-electron chi connectivity index (χ0n) is 16.0. The topological polar surface area (TPSA) is 12.9 Å². The van der Waals surface area contributed by atoms with Gasteiger partial charge in [0, 0.05) is 11.8 Å². The molecular formula is C20H31F2NS. The van der Waals surface area contributed by atoms with E-state index in [1.54, 1.807) is 11.3 Å². The van der Waals surface area contributed by atoms with Gasteiger partial charge in [-0.05, 0) is 50.3 Å². The summed E-state index contributed by atoms with van der Waals surface area (Å²) in [7, 11) is 0. The van der Waals surface area contributed by atoms with Gasteiger partial charge < -0.3 is 0 Å². The molecule has 2 aromatic rings. The van der Waals surface area contributed by atoms with Crippen LogP contribution < -0.4 is 0 Å². The summed E-state index contributed by atoms with van der Waals surface area (Å²) >= 11 is 1.75. The molecule has 2 aliphatic rings. The maximum absolute atomic E-state index is 12.4. The second-order valence-electron chi connectivity index (χ2n) is 6.17. The fourth-order valence-corrected chi connectivity index (χ4v) is 4.03. The smallest absolute Gasteiger partial charge is 0.242 e. The van der Waals surface area contributed by atoms with Gasteiger partial charge in [0.2, 0.25) is 0 Å². The van der Waals surface area contributed by atoms with Crippen LogP contribution in [0.4, 0.5) is 8.78 Å². The highest BCUT2D eigenvalue weighted by atomic mass is 32.1. The van der Waals surface area contributed by atoms with Crippen LogP contribution in [0.5, 0.6) is 0 Å². The van der Waals surface area contributed by atoms with Gasteiger partial charge in [-0.15, -0.1) is 11.3 Å². The van der Waals surface area contributed by atoms with E-state index >= 15 is 0 Å². The van der Waals surface area contributed by atoms with E-state index < -0.39 is 5.92 Å². The number of hydrogen-bond acceptors (Lipinski definition) is 2. The molecule has 2 unspecified atom stereocenters. The van der Waals surface area contributed by atoms with Gasteiger partial charge in [-0.1, -0.05) is 40.7 Å². The van der Waals surface area contributed by atoms with E-state index in [0.717, 1.165) is 23.4 Å². The van der Waals surface area contributed by atoms with E-state index in [4.69, 9.17) is 0 Å². The van der Waals surface area contributed by atoms with E-state index in [1.165, 1.54) is 10.3 Å². The van der Waals surface area contributed by atoms with E-state index in [2.05, 4.69) is 37.0 Å². The van der Waals surface area contributed by atoms with Crippen molar-refractivity contribution in [2.75, 3.05) is 0 Å². The number of nitrogens with zero attached hydrogens (tertiary/aromatic N) is 1. The fraction of sp³-hybridized carbons (Fsp3) is 0.650. The van der Waals surface area contributed by atoms with Crippen molar-refractivity contribution >= 4 is 21.6 Å². The summed E-state index contributed by atoms with van der Waals surface area (Å²) < 4.78 is 26.1. The molecule has 0 aliphatic heterocycles. The molecule has 1 nitrogen and oxygen atoms in total. The highest BCUT2D eigenvalue weighted by Gasteiger charge is 2.70. The lowest BCUT2D eigenvalue weighted by molar-refractivity contribution is 0.0654.